The summed E-state index contributed by atoms with van der Waals surface area (Å²) in [5.74, 6) is -1.82. The molecule has 0 saturated heterocycles. The number of aromatic nitrogens is 1. The van der Waals surface area contributed by atoms with Gasteiger partial charge in [-0.1, -0.05) is 60.6 Å². The molecule has 0 radical (unpaired) electrons. The van der Waals surface area contributed by atoms with Crippen molar-refractivity contribution < 1.29 is 19.5 Å². The molecule has 0 aliphatic carbocycles. The van der Waals surface area contributed by atoms with E-state index in [9.17, 15) is 19.5 Å². The molecule has 0 spiro atoms. The Morgan fingerprint density at radius 1 is 1.11 bits per heavy atom. The summed E-state index contributed by atoms with van der Waals surface area (Å²) in [5, 5.41) is 15.8. The highest BCUT2D eigenvalue weighted by Crippen LogP contribution is 2.47. The number of carbonyl (C=O) groups is 3. The number of carbonyl (C=O) groups excluding carboxylic acids is 2. The first kappa shape index (κ1) is 27.6. The Labute approximate surface area is 217 Å². The molecule has 2 amide bonds. The van der Waals surface area contributed by atoms with Gasteiger partial charge in [-0.05, 0) is 47.4 Å². The summed E-state index contributed by atoms with van der Waals surface area (Å²) in [6, 6.07) is 6.37. The van der Waals surface area contributed by atoms with E-state index in [-0.39, 0.29) is 35.2 Å². The zero-order valence-corrected chi connectivity index (χ0v) is 23.0. The van der Waals surface area contributed by atoms with Crippen molar-refractivity contribution in [2.75, 3.05) is 6.54 Å². The van der Waals surface area contributed by atoms with Crippen LogP contribution in [0.4, 0.5) is 0 Å². The van der Waals surface area contributed by atoms with Crippen LogP contribution in [0.1, 0.15) is 81.9 Å². The van der Waals surface area contributed by atoms with E-state index in [1.165, 1.54) is 22.3 Å². The third-order valence-electron chi connectivity index (χ3n) is 6.30. The van der Waals surface area contributed by atoms with E-state index in [2.05, 4.69) is 31.1 Å². The molecule has 2 atom stereocenters. The molecular weight excluding hydrogens is 474 g/mol. The normalized spacial score (nSPS) is 20.1. The first-order chi connectivity index (χ1) is 16.8. The first-order valence-corrected chi connectivity index (χ1v) is 13.2. The third-order valence-corrected chi connectivity index (χ3v) is 7.13. The second-order valence-electron chi connectivity index (χ2n) is 11.3. The number of hydrogen-bond acceptors (Lipinski definition) is 5. The molecule has 194 valence electrons. The summed E-state index contributed by atoms with van der Waals surface area (Å²) in [5.41, 5.74) is -0.0981. The first-order valence-electron chi connectivity index (χ1n) is 12.4. The van der Waals surface area contributed by atoms with Crippen molar-refractivity contribution in [2.45, 2.75) is 71.9 Å². The maximum atomic E-state index is 14.1. The predicted octanol–water partition coefficient (Wildman–Crippen LogP) is 5.21. The van der Waals surface area contributed by atoms with Crippen molar-refractivity contribution in [1.82, 2.24) is 15.2 Å². The van der Waals surface area contributed by atoms with Crippen molar-refractivity contribution in [1.29, 1.82) is 0 Å². The van der Waals surface area contributed by atoms with Crippen LogP contribution in [0.5, 0.6) is 0 Å². The quantitative estimate of drug-likeness (QED) is 0.507. The molecule has 36 heavy (non-hydrogen) atoms. The third kappa shape index (κ3) is 5.53. The van der Waals surface area contributed by atoms with Gasteiger partial charge >= 0.3 is 5.97 Å². The summed E-state index contributed by atoms with van der Waals surface area (Å²) in [7, 11) is 0. The average molecular weight is 512 g/mol. The molecule has 8 heteroatoms. The highest BCUT2D eigenvalue weighted by atomic mass is 32.1. The van der Waals surface area contributed by atoms with Gasteiger partial charge in [0.2, 0.25) is 5.91 Å². The van der Waals surface area contributed by atoms with Crippen molar-refractivity contribution in [2.24, 2.45) is 11.8 Å². The number of carboxylic acid groups (broad SMARTS) is 1. The van der Waals surface area contributed by atoms with Gasteiger partial charge < -0.3 is 15.3 Å². The molecule has 1 aliphatic rings. The predicted molar refractivity (Wildman–Crippen MR) is 142 cm³/mol. The molecule has 1 aromatic heterocycles. The number of thiazole rings is 1. The molecule has 0 bridgehead atoms. The minimum Gasteiger partial charge on any atom is -0.479 e. The standard InChI is InChI=1S/C28H37N3O4S/c1-17(2)14-28(26(34)35)15-21(23(32)30-16-18(3)4)22(24-29-12-13-36-24)31(28)25(33)19-8-10-20(11-9-19)27(5,6)7/h8-13,15,17-18,22H,14,16H2,1-7H3,(H,30,32)(H,34,35)/t22-,28+/m1/s1. The van der Waals surface area contributed by atoms with Crippen LogP contribution in [0.25, 0.3) is 0 Å². The van der Waals surface area contributed by atoms with E-state index in [0.717, 1.165) is 5.56 Å². The Balaban J connectivity index is 2.18. The van der Waals surface area contributed by atoms with Gasteiger partial charge in [-0.25, -0.2) is 9.78 Å². The zero-order valence-electron chi connectivity index (χ0n) is 22.2. The Morgan fingerprint density at radius 2 is 1.75 bits per heavy atom. The maximum absolute atomic E-state index is 14.1. The van der Waals surface area contributed by atoms with Crippen LogP contribution >= 0.6 is 11.3 Å². The van der Waals surface area contributed by atoms with Gasteiger partial charge in [-0.2, -0.15) is 0 Å². The number of rotatable bonds is 8. The van der Waals surface area contributed by atoms with Crippen LogP contribution in [0.3, 0.4) is 0 Å². The Morgan fingerprint density at radius 3 is 2.22 bits per heavy atom. The summed E-state index contributed by atoms with van der Waals surface area (Å²) in [4.78, 5) is 46.2. The summed E-state index contributed by atoms with van der Waals surface area (Å²) < 4.78 is 0. The fraction of sp³-hybridized carbons (Fsp3) is 0.500. The topological polar surface area (TPSA) is 99.6 Å². The summed E-state index contributed by atoms with van der Waals surface area (Å²) in [6.45, 7) is 14.5. The molecule has 3 rings (SSSR count). The number of nitrogens with one attached hydrogen (secondary N) is 1. The number of hydrogen-bond donors (Lipinski definition) is 2. The van der Waals surface area contributed by atoms with E-state index in [0.29, 0.717) is 17.1 Å². The van der Waals surface area contributed by atoms with E-state index in [4.69, 9.17) is 0 Å². The average Bonchev–Trinajstić information content (AvgIpc) is 3.42. The molecule has 2 N–H and O–H groups in total. The van der Waals surface area contributed by atoms with Gasteiger partial charge in [0.05, 0.1) is 0 Å². The van der Waals surface area contributed by atoms with Crippen LogP contribution in [-0.4, -0.2) is 44.9 Å². The highest BCUT2D eigenvalue weighted by Gasteiger charge is 2.56. The van der Waals surface area contributed by atoms with Crippen molar-refractivity contribution in [3.63, 3.8) is 0 Å². The van der Waals surface area contributed by atoms with Crippen LogP contribution in [0, 0.1) is 11.8 Å². The van der Waals surface area contributed by atoms with E-state index in [1.54, 1.807) is 23.7 Å². The largest absolute Gasteiger partial charge is 0.479 e. The molecule has 0 fully saturated rings. The molecular formula is C28H37N3O4S. The minimum absolute atomic E-state index is 0.0501. The Bertz CT molecular complexity index is 1130. The Kier molecular flexibility index (Phi) is 8.08. The number of benzene rings is 1. The second-order valence-corrected chi connectivity index (χ2v) is 12.2. The lowest BCUT2D eigenvalue weighted by atomic mass is 9.86. The summed E-state index contributed by atoms with van der Waals surface area (Å²) >= 11 is 1.30. The van der Waals surface area contributed by atoms with Crippen LogP contribution < -0.4 is 5.32 Å². The SMILES string of the molecule is CC(C)CNC(=O)C1=C[C@@](CC(C)C)(C(=O)O)N(C(=O)c2ccc(C(C)(C)C)cc2)[C@H]1c1nccs1. The fourth-order valence-corrected chi connectivity index (χ4v) is 5.30. The van der Waals surface area contributed by atoms with Gasteiger partial charge in [0.1, 0.15) is 11.0 Å². The van der Waals surface area contributed by atoms with Gasteiger partial charge in [0.25, 0.3) is 5.91 Å². The molecule has 2 aromatic rings. The number of aliphatic carboxylic acids is 1. The molecule has 7 nitrogen and oxygen atoms in total. The lowest BCUT2D eigenvalue weighted by molar-refractivity contribution is -0.148. The molecule has 0 unspecified atom stereocenters. The fourth-order valence-electron chi connectivity index (χ4n) is 4.56. The molecule has 2 heterocycles. The van der Waals surface area contributed by atoms with E-state index in [1.807, 2.05) is 39.8 Å². The van der Waals surface area contributed by atoms with Crippen LogP contribution in [-0.2, 0) is 15.0 Å². The number of amides is 2. The van der Waals surface area contributed by atoms with Crippen molar-refractivity contribution >= 4 is 29.1 Å². The number of nitrogens with zero attached hydrogens (tertiary/aromatic N) is 2. The summed E-state index contributed by atoms with van der Waals surface area (Å²) in [6.07, 6.45) is 3.25. The maximum Gasteiger partial charge on any atom is 0.333 e. The highest BCUT2D eigenvalue weighted by molar-refractivity contribution is 7.09. The van der Waals surface area contributed by atoms with Crippen molar-refractivity contribution in [3.05, 3.63) is 63.6 Å². The number of carboxylic acids is 1. The zero-order chi connectivity index (χ0) is 26.8. The van der Waals surface area contributed by atoms with Crippen molar-refractivity contribution in [3.8, 4) is 0 Å². The van der Waals surface area contributed by atoms with Crippen LogP contribution in [0.2, 0.25) is 0 Å². The lowest BCUT2D eigenvalue weighted by Crippen LogP contribution is -2.55. The minimum atomic E-state index is -1.69. The van der Waals surface area contributed by atoms with Gasteiger partial charge in [0.15, 0.2) is 5.54 Å². The molecule has 1 aliphatic heterocycles. The van der Waals surface area contributed by atoms with Gasteiger partial charge in [-0.3, -0.25) is 9.59 Å². The monoisotopic (exact) mass is 511 g/mol. The molecule has 1 aromatic carbocycles. The molecule has 0 saturated carbocycles. The van der Waals surface area contributed by atoms with E-state index >= 15 is 0 Å². The van der Waals surface area contributed by atoms with E-state index < -0.39 is 23.5 Å². The smallest absolute Gasteiger partial charge is 0.333 e. The van der Waals surface area contributed by atoms with Gasteiger partial charge in [-0.15, -0.1) is 11.3 Å². The lowest BCUT2D eigenvalue weighted by Gasteiger charge is -2.39. The second kappa shape index (κ2) is 10.5. The van der Waals surface area contributed by atoms with Crippen LogP contribution in [0.15, 0.2) is 47.5 Å². The Hall–Kier alpha value is -3.00. The van der Waals surface area contributed by atoms with Gasteiger partial charge in [0, 0.05) is 29.3 Å².